The van der Waals surface area contributed by atoms with Crippen molar-refractivity contribution in [3.05, 3.63) is 39.3 Å². The molecule has 0 saturated heterocycles. The predicted octanol–water partition coefficient (Wildman–Crippen LogP) is 3.53. The maximum absolute atomic E-state index is 14.8. The maximum atomic E-state index is 14.8. The summed E-state index contributed by atoms with van der Waals surface area (Å²) in [5.74, 6) is -0.133. The molecule has 0 fully saturated rings. The van der Waals surface area contributed by atoms with Gasteiger partial charge < -0.3 is 10.4 Å². The summed E-state index contributed by atoms with van der Waals surface area (Å²) in [6.45, 7) is 3.10. The van der Waals surface area contributed by atoms with Gasteiger partial charge in [-0.1, -0.05) is 0 Å². The van der Waals surface area contributed by atoms with Gasteiger partial charge in [0.2, 0.25) is 0 Å². The SMILES string of the molecule is CC(C)(O)c1ncc(S(N)(=O)=NC(=O)Nc2c3c(c(F)c4c2CCC4)CCC3)s1.S. The highest BCUT2D eigenvalue weighted by Crippen LogP contribution is 2.41. The molecule has 2 aromatic rings. The molecule has 1 aromatic heterocycles. The van der Waals surface area contributed by atoms with Crippen LogP contribution in [0.15, 0.2) is 14.8 Å². The van der Waals surface area contributed by atoms with Crippen LogP contribution in [0.25, 0.3) is 0 Å². The number of hydrogen-bond acceptors (Lipinski definition) is 5. The molecule has 0 radical (unpaired) electrons. The van der Waals surface area contributed by atoms with E-state index >= 15 is 0 Å². The summed E-state index contributed by atoms with van der Waals surface area (Å²) in [5.41, 5.74) is 2.38. The van der Waals surface area contributed by atoms with Gasteiger partial charge in [-0.05, 0) is 74.6 Å². The molecular formula is C19H25FN4O3S3. The first-order valence-electron chi connectivity index (χ1n) is 9.47. The van der Waals surface area contributed by atoms with Crippen LogP contribution in [0.3, 0.4) is 0 Å². The number of nitrogens with one attached hydrogen (secondary N) is 1. The third kappa shape index (κ3) is 4.13. The summed E-state index contributed by atoms with van der Waals surface area (Å²) in [4.78, 5) is 16.6. The molecule has 164 valence electrons. The third-order valence-electron chi connectivity index (χ3n) is 5.32. The van der Waals surface area contributed by atoms with E-state index in [1.807, 2.05) is 0 Å². The van der Waals surface area contributed by atoms with E-state index in [-0.39, 0.29) is 23.5 Å². The van der Waals surface area contributed by atoms with Crippen LogP contribution in [0.5, 0.6) is 0 Å². The number of fused-ring (bicyclic) bond motifs is 2. The van der Waals surface area contributed by atoms with Crippen LogP contribution < -0.4 is 10.5 Å². The van der Waals surface area contributed by atoms with Gasteiger partial charge in [-0.25, -0.2) is 23.5 Å². The first-order chi connectivity index (χ1) is 13.6. The number of nitrogens with two attached hydrogens (primary N) is 1. The Labute approximate surface area is 186 Å². The Morgan fingerprint density at radius 3 is 2.27 bits per heavy atom. The molecule has 7 nitrogen and oxygen atoms in total. The van der Waals surface area contributed by atoms with Gasteiger partial charge in [0.05, 0.1) is 6.20 Å². The van der Waals surface area contributed by atoms with Gasteiger partial charge >= 0.3 is 6.03 Å². The van der Waals surface area contributed by atoms with Crippen molar-refractivity contribution in [3.8, 4) is 0 Å². The number of hydrogen-bond donors (Lipinski definition) is 3. The molecule has 1 unspecified atom stereocenters. The fraction of sp³-hybridized carbons (Fsp3) is 0.474. The Kier molecular flexibility index (Phi) is 6.32. The summed E-state index contributed by atoms with van der Waals surface area (Å²) in [6.07, 6.45) is 5.64. The number of urea groups is 1. The van der Waals surface area contributed by atoms with Crippen LogP contribution in [0.2, 0.25) is 0 Å². The molecule has 30 heavy (non-hydrogen) atoms. The Balaban J connectivity index is 0.00000256. The van der Waals surface area contributed by atoms with Crippen molar-refractivity contribution in [1.29, 1.82) is 0 Å². The molecule has 1 heterocycles. The number of halogens is 1. The fourth-order valence-corrected chi connectivity index (χ4v) is 6.08. The number of nitrogens with zero attached hydrogens (tertiary/aromatic N) is 2. The minimum atomic E-state index is -3.52. The average molecular weight is 473 g/mol. The minimum absolute atomic E-state index is 0. The van der Waals surface area contributed by atoms with Crippen molar-refractivity contribution in [1.82, 2.24) is 4.98 Å². The summed E-state index contributed by atoms with van der Waals surface area (Å²) >= 11 is 0.952. The van der Waals surface area contributed by atoms with Gasteiger partial charge in [0.25, 0.3) is 0 Å². The van der Waals surface area contributed by atoms with Crippen LogP contribution in [-0.4, -0.2) is 20.3 Å². The van der Waals surface area contributed by atoms with Crippen molar-refractivity contribution in [2.45, 2.75) is 62.2 Å². The lowest BCUT2D eigenvalue weighted by Gasteiger charge is -2.16. The van der Waals surface area contributed by atoms with E-state index < -0.39 is 21.5 Å². The number of carbonyl (C=O) groups is 1. The van der Waals surface area contributed by atoms with Gasteiger partial charge in [0.15, 0.2) is 9.92 Å². The van der Waals surface area contributed by atoms with Gasteiger partial charge in [0.1, 0.15) is 20.6 Å². The van der Waals surface area contributed by atoms with E-state index in [9.17, 15) is 18.5 Å². The van der Waals surface area contributed by atoms with Crippen LogP contribution in [0.1, 0.15) is 54.0 Å². The van der Waals surface area contributed by atoms with Crippen LogP contribution in [0, 0.1) is 5.82 Å². The Morgan fingerprint density at radius 1 is 1.23 bits per heavy atom. The molecule has 4 N–H and O–H groups in total. The number of benzene rings is 1. The highest BCUT2D eigenvalue weighted by Gasteiger charge is 2.30. The number of rotatable bonds is 3. The maximum Gasteiger partial charge on any atom is 0.354 e. The van der Waals surface area contributed by atoms with Crippen molar-refractivity contribution in [3.63, 3.8) is 0 Å². The first kappa shape index (κ1) is 23.1. The lowest BCUT2D eigenvalue weighted by molar-refractivity contribution is 0.0783. The number of amides is 2. The van der Waals surface area contributed by atoms with Crippen LogP contribution in [-0.2, 0) is 41.2 Å². The van der Waals surface area contributed by atoms with Gasteiger partial charge in [-0.15, -0.1) is 15.7 Å². The monoisotopic (exact) mass is 472 g/mol. The molecular weight excluding hydrogens is 447 g/mol. The molecule has 1 atom stereocenters. The normalized spacial score (nSPS) is 17.0. The van der Waals surface area contributed by atoms with Crippen molar-refractivity contribution < 1.29 is 18.5 Å². The molecule has 0 bridgehead atoms. The molecule has 2 aliphatic rings. The second-order valence-corrected chi connectivity index (χ2v) is 11.0. The number of thiazole rings is 1. The predicted molar refractivity (Wildman–Crippen MR) is 120 cm³/mol. The van der Waals surface area contributed by atoms with Crippen molar-refractivity contribution in [2.24, 2.45) is 9.50 Å². The van der Waals surface area contributed by atoms with Crippen LogP contribution in [0.4, 0.5) is 14.9 Å². The van der Waals surface area contributed by atoms with E-state index in [0.717, 1.165) is 35.3 Å². The van der Waals surface area contributed by atoms with Crippen molar-refractivity contribution >= 4 is 46.5 Å². The number of carbonyl (C=O) groups excluding carboxylic acids is 1. The molecule has 0 aliphatic heterocycles. The van der Waals surface area contributed by atoms with Gasteiger partial charge in [-0.2, -0.15) is 13.5 Å². The molecule has 4 rings (SSSR count). The molecule has 0 saturated carbocycles. The molecule has 2 amide bonds. The Morgan fingerprint density at radius 2 is 1.77 bits per heavy atom. The second kappa shape index (κ2) is 8.19. The van der Waals surface area contributed by atoms with Crippen molar-refractivity contribution in [2.75, 3.05) is 5.32 Å². The zero-order valence-electron chi connectivity index (χ0n) is 16.7. The Hall–Kier alpha value is -1.53. The summed E-state index contributed by atoms with van der Waals surface area (Å²) < 4.78 is 31.4. The number of anilines is 1. The van der Waals surface area contributed by atoms with Gasteiger partial charge in [0, 0.05) is 5.69 Å². The lowest BCUT2D eigenvalue weighted by atomic mass is 9.98. The van der Waals surface area contributed by atoms with E-state index in [2.05, 4.69) is 14.7 Å². The van der Waals surface area contributed by atoms with E-state index in [1.165, 1.54) is 6.20 Å². The summed E-state index contributed by atoms with van der Waals surface area (Å²) in [5, 5.41) is 18.9. The molecule has 1 aromatic carbocycles. The standard InChI is InChI=1S/C19H23FN4O3S2.H2S/c1-19(2,26)17-22-9-14(28-17)29(21,27)24-18(25)23-16-12-7-3-5-10(12)15(20)11-6-4-8-13(11)16;/h9,26H,3-8H2,1-2H3,(H3,21,23,24,25,27);1H2. The van der Waals surface area contributed by atoms with E-state index in [0.29, 0.717) is 47.5 Å². The van der Waals surface area contributed by atoms with E-state index in [1.54, 1.807) is 13.8 Å². The molecule has 2 aliphatic carbocycles. The highest BCUT2D eigenvalue weighted by molar-refractivity contribution is 7.93. The zero-order valence-corrected chi connectivity index (χ0v) is 19.4. The number of aliphatic hydroxyl groups is 1. The fourth-order valence-electron chi connectivity index (χ4n) is 4.01. The second-order valence-electron chi connectivity index (χ2n) is 7.94. The van der Waals surface area contributed by atoms with Gasteiger partial charge in [-0.3, -0.25) is 0 Å². The first-order valence-corrected chi connectivity index (χ1v) is 11.9. The average Bonchev–Trinajstić information content (AvgIpc) is 3.37. The molecule has 0 spiro atoms. The summed E-state index contributed by atoms with van der Waals surface area (Å²) in [7, 11) is -3.52. The largest absolute Gasteiger partial charge is 0.383 e. The minimum Gasteiger partial charge on any atom is -0.383 e. The lowest BCUT2D eigenvalue weighted by Crippen LogP contribution is -2.18. The van der Waals surface area contributed by atoms with E-state index in [4.69, 9.17) is 5.14 Å². The number of aromatic nitrogens is 1. The zero-order chi connectivity index (χ0) is 21.0. The topological polar surface area (TPSA) is 118 Å². The highest BCUT2D eigenvalue weighted by atomic mass is 32.2. The summed E-state index contributed by atoms with van der Waals surface area (Å²) in [6, 6.07) is -0.828. The Bertz CT molecular complexity index is 1100. The third-order valence-corrected chi connectivity index (χ3v) is 8.51. The quantitative estimate of drug-likeness (QED) is 0.633. The molecule has 11 heteroatoms. The van der Waals surface area contributed by atoms with Crippen LogP contribution >= 0.6 is 24.8 Å². The smallest absolute Gasteiger partial charge is 0.354 e.